The maximum atomic E-state index is 3.24. The van der Waals surface area contributed by atoms with Gasteiger partial charge in [-0.25, -0.2) is 0 Å². The first-order chi connectivity index (χ1) is 1.91. The van der Waals surface area contributed by atoms with Gasteiger partial charge in [0.25, 0.3) is 6.72 Å². The Labute approximate surface area is 25.7 Å². The first kappa shape index (κ1) is 3.45. The van der Waals surface area contributed by atoms with Crippen molar-refractivity contribution in [1.29, 1.82) is 0 Å². The van der Waals surface area contributed by atoms with Crippen LogP contribution in [0.5, 0.6) is 0 Å². The van der Waals surface area contributed by atoms with Gasteiger partial charge in [-0.15, -0.1) is 0 Å². The zero-order valence-corrected chi connectivity index (χ0v) is 2.65. The largest absolute Gasteiger partial charge is 0.383 e. The van der Waals surface area contributed by atoms with Crippen LogP contribution in [0.4, 0.5) is 0 Å². The molecule has 0 aromatic carbocycles. The maximum absolute atomic E-state index is 3.24. The summed E-state index contributed by atoms with van der Waals surface area (Å²) in [5.41, 5.74) is 0. The SMILES string of the molecule is C=[N+]=[C]C. The van der Waals surface area contributed by atoms with E-state index in [1.165, 1.54) is 0 Å². The molecule has 0 saturated heterocycles. The summed E-state index contributed by atoms with van der Waals surface area (Å²) in [6.45, 7) is 4.82. The van der Waals surface area contributed by atoms with Gasteiger partial charge in [-0.2, -0.15) is 0 Å². The molecule has 1 radical (unpaired) electrons. The molecule has 0 N–H and O–H groups in total. The average molecular weight is 55.1 g/mol. The van der Waals surface area contributed by atoms with E-state index in [4.69, 9.17) is 0 Å². The molecule has 0 atom stereocenters. The van der Waals surface area contributed by atoms with E-state index in [9.17, 15) is 0 Å². The van der Waals surface area contributed by atoms with Crippen LogP contribution in [0.3, 0.4) is 0 Å². The first-order valence-corrected chi connectivity index (χ1v) is 1.04. The highest BCUT2D eigenvalue weighted by molar-refractivity contribution is 5.54. The minimum absolute atomic E-state index is 1.70. The molecule has 0 aromatic rings. The molecule has 0 aromatic heterocycles. The molecule has 0 rings (SSSR count). The van der Waals surface area contributed by atoms with Crippen molar-refractivity contribution in [2.45, 2.75) is 6.92 Å². The molecule has 0 aliphatic rings. The lowest BCUT2D eigenvalue weighted by Crippen LogP contribution is -1.57. The van der Waals surface area contributed by atoms with Crippen LogP contribution in [0.1, 0.15) is 6.92 Å². The van der Waals surface area contributed by atoms with Crippen LogP contribution in [0.25, 0.3) is 0 Å². The third kappa shape index (κ3) is 1.45. The molecule has 0 spiro atoms. The fourth-order valence-electron chi connectivity index (χ4n) is 0. The topological polar surface area (TPSA) is 14.1 Å². The Morgan fingerprint density at radius 3 is 2.25 bits per heavy atom. The zero-order valence-electron chi connectivity index (χ0n) is 2.65. The number of hydrogen-bond acceptors (Lipinski definition) is 0. The highest BCUT2D eigenvalue weighted by Gasteiger charge is 1.50. The quantitative estimate of drug-likeness (QED) is 0.267. The van der Waals surface area contributed by atoms with E-state index in [1.54, 1.807) is 6.92 Å². The normalized spacial score (nSPS) is 4.25. The Hall–Kier alpha value is -0.550. The number of nitrogens with zero attached hydrogens (tertiary/aromatic N) is 1. The summed E-state index contributed by atoms with van der Waals surface area (Å²) in [5.74, 6) is 0. The highest BCUT2D eigenvalue weighted by atomic mass is 14.5. The van der Waals surface area contributed by atoms with Crippen LogP contribution in [0.15, 0.2) is 0 Å². The van der Waals surface area contributed by atoms with Gasteiger partial charge < -0.3 is 0 Å². The average Bonchev–Trinajstić information content (AvgIpc) is 1.37. The Balaban J connectivity index is 3.11. The summed E-state index contributed by atoms with van der Waals surface area (Å²) in [6.07, 6.45) is 2.44. The monoisotopic (exact) mass is 55.0 g/mol. The van der Waals surface area contributed by atoms with Gasteiger partial charge in [0.2, 0.25) is 0 Å². The van der Waals surface area contributed by atoms with E-state index in [0.29, 0.717) is 0 Å². The molecular formula is C3H5N+. The molecular weight excluding hydrogens is 50.0 g/mol. The molecule has 0 aliphatic heterocycles. The summed E-state index contributed by atoms with van der Waals surface area (Å²) in [7, 11) is 0. The minimum atomic E-state index is 1.70. The molecule has 0 heterocycles. The van der Waals surface area contributed by atoms with E-state index in [2.05, 4.69) is 17.6 Å². The molecule has 0 aliphatic carbocycles. The van der Waals surface area contributed by atoms with E-state index in [0.717, 1.165) is 0 Å². The lowest BCUT2D eigenvalue weighted by atomic mass is 10.9. The molecule has 0 saturated carbocycles. The van der Waals surface area contributed by atoms with Crippen molar-refractivity contribution in [2.75, 3.05) is 0 Å². The van der Waals surface area contributed by atoms with Crippen molar-refractivity contribution >= 4 is 12.9 Å². The molecule has 0 unspecified atom stereocenters. The van der Waals surface area contributed by atoms with Crippen molar-refractivity contribution in [2.24, 2.45) is 0 Å². The van der Waals surface area contributed by atoms with Crippen LogP contribution in [-0.4, -0.2) is 12.9 Å². The molecule has 0 fully saturated rings. The Kier molecular flexibility index (Phi) is 2.11. The fraction of sp³-hybridized carbons (Fsp3) is 0.333. The van der Waals surface area contributed by atoms with Gasteiger partial charge in [0.05, 0.1) is 0 Å². The van der Waals surface area contributed by atoms with Crippen molar-refractivity contribution in [3.8, 4) is 0 Å². The molecule has 4 heavy (non-hydrogen) atoms. The van der Waals surface area contributed by atoms with Crippen LogP contribution in [-0.2, 0) is 0 Å². The van der Waals surface area contributed by atoms with Crippen molar-refractivity contribution in [3.63, 3.8) is 0 Å². The van der Waals surface area contributed by atoms with E-state index < -0.39 is 0 Å². The first-order valence-electron chi connectivity index (χ1n) is 1.04. The minimum Gasteiger partial charge on any atom is -0.0977 e. The summed E-state index contributed by atoms with van der Waals surface area (Å²) in [5, 5.41) is 0. The standard InChI is InChI=1S/C3H5N/c1-3-4-2/h2H2,1H3/q+1. The summed E-state index contributed by atoms with van der Waals surface area (Å²) in [6, 6.07) is 0. The van der Waals surface area contributed by atoms with Gasteiger partial charge in [0.1, 0.15) is 0 Å². The second-order valence-electron chi connectivity index (χ2n) is 0.382. The third-order valence-corrected chi connectivity index (χ3v) is 0.158. The van der Waals surface area contributed by atoms with Crippen LogP contribution >= 0.6 is 0 Å². The lowest BCUT2D eigenvalue weighted by Gasteiger charge is -1.16. The second kappa shape index (κ2) is 2.45. The van der Waals surface area contributed by atoms with Gasteiger partial charge >= 0.3 is 6.21 Å². The van der Waals surface area contributed by atoms with E-state index >= 15 is 0 Å². The van der Waals surface area contributed by atoms with Crippen molar-refractivity contribution < 1.29 is 0 Å². The number of hydrogen-bond donors (Lipinski definition) is 0. The fourth-order valence-corrected chi connectivity index (χ4v) is 0. The Bertz CT molecular complexity index is 41.2. The second-order valence-corrected chi connectivity index (χ2v) is 0.382. The van der Waals surface area contributed by atoms with Gasteiger partial charge in [-0.1, -0.05) is 4.67 Å². The summed E-state index contributed by atoms with van der Waals surface area (Å²) >= 11 is 0. The third-order valence-electron chi connectivity index (χ3n) is 0.158. The van der Waals surface area contributed by atoms with Gasteiger partial charge in [-0.05, 0) is 0 Å². The predicted molar refractivity (Wildman–Crippen MR) is 19.9 cm³/mol. The highest BCUT2D eigenvalue weighted by Crippen LogP contribution is 1.13. The van der Waals surface area contributed by atoms with Gasteiger partial charge in [0.15, 0.2) is 0 Å². The van der Waals surface area contributed by atoms with Gasteiger partial charge in [-0.3, -0.25) is 0 Å². The zero-order chi connectivity index (χ0) is 3.41. The smallest absolute Gasteiger partial charge is 0.0977 e. The molecule has 0 amide bonds. The van der Waals surface area contributed by atoms with Crippen LogP contribution < -0.4 is 4.67 Å². The van der Waals surface area contributed by atoms with Gasteiger partial charge in [0, 0.05) is 6.92 Å². The summed E-state index contributed by atoms with van der Waals surface area (Å²) in [4.78, 5) is 0. The summed E-state index contributed by atoms with van der Waals surface area (Å²) < 4.78 is 3.24. The van der Waals surface area contributed by atoms with Crippen molar-refractivity contribution in [3.05, 3.63) is 0 Å². The maximum Gasteiger partial charge on any atom is 0.383 e. The van der Waals surface area contributed by atoms with Crippen molar-refractivity contribution in [1.82, 2.24) is 4.67 Å². The Morgan fingerprint density at radius 2 is 2.25 bits per heavy atom. The molecule has 1 heteroatoms. The molecule has 21 valence electrons. The van der Waals surface area contributed by atoms with Crippen LogP contribution in [0, 0.1) is 0 Å². The van der Waals surface area contributed by atoms with E-state index in [1.807, 2.05) is 0 Å². The van der Waals surface area contributed by atoms with Crippen LogP contribution in [0.2, 0.25) is 0 Å². The van der Waals surface area contributed by atoms with E-state index in [-0.39, 0.29) is 0 Å². The lowest BCUT2D eigenvalue weighted by molar-refractivity contribution is 1.73. The Morgan fingerprint density at radius 1 is 2.00 bits per heavy atom. The predicted octanol–water partition coefficient (Wildman–Crippen LogP) is -0.278. The molecule has 1 nitrogen and oxygen atoms in total. The number of rotatable bonds is 0. The molecule has 0 bridgehead atoms.